The molecule has 5 heteroatoms. The van der Waals surface area contributed by atoms with Crippen molar-refractivity contribution in [2.45, 2.75) is 51.0 Å². The minimum Gasteiger partial charge on any atom is -0.360 e. The predicted octanol–water partition coefficient (Wildman–Crippen LogP) is 2.23. The Morgan fingerprint density at radius 2 is 2.17 bits per heavy atom. The molecule has 1 aromatic rings. The number of nitrogens with zero attached hydrogens (tertiary/aromatic N) is 1. The molecule has 0 bridgehead atoms. The van der Waals surface area contributed by atoms with Crippen molar-refractivity contribution in [2.75, 3.05) is 12.4 Å². The average Bonchev–Trinajstić information content (AvgIpc) is 2.75. The zero-order valence-electron chi connectivity index (χ0n) is 11.1. The lowest BCUT2D eigenvalue weighted by Crippen LogP contribution is -2.47. The standard InChI is InChI=1S/C13H21N3O2/c1-10-8-11(16-18-10)15-12(17)9-13(14-2)6-4-3-5-7-13/h8,14H,3-7,9H2,1-2H3,(H,15,16,17). The predicted molar refractivity (Wildman–Crippen MR) is 69.4 cm³/mol. The second kappa shape index (κ2) is 5.52. The van der Waals surface area contributed by atoms with Crippen LogP contribution in [0.1, 0.15) is 44.3 Å². The molecule has 5 nitrogen and oxygen atoms in total. The minimum atomic E-state index is -0.0406. The molecule has 0 radical (unpaired) electrons. The van der Waals surface area contributed by atoms with Crippen LogP contribution < -0.4 is 10.6 Å². The van der Waals surface area contributed by atoms with Gasteiger partial charge in [0.2, 0.25) is 5.91 Å². The third-order valence-corrected chi connectivity index (χ3v) is 3.74. The fourth-order valence-corrected chi connectivity index (χ4v) is 2.66. The molecule has 18 heavy (non-hydrogen) atoms. The van der Waals surface area contributed by atoms with Crippen molar-refractivity contribution in [3.05, 3.63) is 11.8 Å². The van der Waals surface area contributed by atoms with Crippen molar-refractivity contribution in [1.29, 1.82) is 0 Å². The zero-order chi connectivity index (χ0) is 13.0. The summed E-state index contributed by atoms with van der Waals surface area (Å²) >= 11 is 0. The van der Waals surface area contributed by atoms with Crippen LogP contribution in [0.25, 0.3) is 0 Å². The first-order chi connectivity index (χ1) is 8.63. The molecule has 2 rings (SSSR count). The maximum atomic E-state index is 12.0. The number of rotatable bonds is 4. The van der Waals surface area contributed by atoms with Crippen LogP contribution in [0.3, 0.4) is 0 Å². The van der Waals surface area contributed by atoms with Gasteiger partial charge in [0, 0.05) is 18.0 Å². The van der Waals surface area contributed by atoms with Gasteiger partial charge < -0.3 is 15.2 Å². The summed E-state index contributed by atoms with van der Waals surface area (Å²) in [5, 5.41) is 9.89. The number of hydrogen-bond acceptors (Lipinski definition) is 4. The third-order valence-electron chi connectivity index (χ3n) is 3.74. The van der Waals surface area contributed by atoms with Crippen LogP contribution in [0, 0.1) is 6.92 Å². The molecule has 1 aliphatic rings. The van der Waals surface area contributed by atoms with Gasteiger partial charge in [0.05, 0.1) is 0 Å². The molecule has 1 amide bonds. The van der Waals surface area contributed by atoms with E-state index in [0.717, 1.165) is 12.8 Å². The van der Waals surface area contributed by atoms with E-state index >= 15 is 0 Å². The van der Waals surface area contributed by atoms with Gasteiger partial charge in [-0.25, -0.2) is 0 Å². The highest BCUT2D eigenvalue weighted by Crippen LogP contribution is 2.30. The molecule has 1 aliphatic carbocycles. The second-order valence-electron chi connectivity index (χ2n) is 5.14. The number of hydrogen-bond donors (Lipinski definition) is 2. The molecule has 1 heterocycles. The first-order valence-electron chi connectivity index (χ1n) is 6.56. The molecule has 0 atom stereocenters. The summed E-state index contributed by atoms with van der Waals surface area (Å²) in [4.78, 5) is 12.0. The highest BCUT2D eigenvalue weighted by atomic mass is 16.5. The zero-order valence-corrected chi connectivity index (χ0v) is 11.1. The number of anilines is 1. The topological polar surface area (TPSA) is 67.2 Å². The molecular formula is C13H21N3O2. The maximum absolute atomic E-state index is 12.0. The van der Waals surface area contributed by atoms with E-state index < -0.39 is 0 Å². The molecule has 0 unspecified atom stereocenters. The lowest BCUT2D eigenvalue weighted by molar-refractivity contribution is -0.118. The second-order valence-corrected chi connectivity index (χ2v) is 5.14. The van der Waals surface area contributed by atoms with Crippen LogP contribution in [0.2, 0.25) is 0 Å². The molecule has 2 N–H and O–H groups in total. The largest absolute Gasteiger partial charge is 0.360 e. The molecule has 0 spiro atoms. The molecule has 1 saturated carbocycles. The van der Waals surface area contributed by atoms with E-state index in [2.05, 4.69) is 15.8 Å². The minimum absolute atomic E-state index is 0.000417. The molecule has 1 aromatic heterocycles. The van der Waals surface area contributed by atoms with Gasteiger partial charge >= 0.3 is 0 Å². The third kappa shape index (κ3) is 3.10. The summed E-state index contributed by atoms with van der Waals surface area (Å²) in [5.41, 5.74) is -0.0406. The Morgan fingerprint density at radius 3 is 2.72 bits per heavy atom. The van der Waals surface area contributed by atoms with E-state index in [1.165, 1.54) is 19.3 Å². The summed E-state index contributed by atoms with van der Waals surface area (Å²) in [6.45, 7) is 1.80. The van der Waals surface area contributed by atoms with Gasteiger partial charge in [-0.15, -0.1) is 0 Å². The summed E-state index contributed by atoms with van der Waals surface area (Å²) in [6.07, 6.45) is 6.28. The van der Waals surface area contributed by atoms with Crippen LogP contribution in [0.15, 0.2) is 10.6 Å². The van der Waals surface area contributed by atoms with E-state index in [0.29, 0.717) is 18.0 Å². The van der Waals surface area contributed by atoms with Gasteiger partial charge in [0.15, 0.2) is 5.82 Å². The molecule has 0 aromatic carbocycles. The molecule has 0 aliphatic heterocycles. The number of carbonyl (C=O) groups excluding carboxylic acids is 1. The van der Waals surface area contributed by atoms with Gasteiger partial charge in [0.1, 0.15) is 5.76 Å². The molecule has 100 valence electrons. The molecule has 1 fully saturated rings. The SMILES string of the molecule is CNC1(CC(=O)Nc2cc(C)on2)CCCCC1. The van der Waals surface area contributed by atoms with E-state index in [4.69, 9.17) is 4.52 Å². The van der Waals surface area contributed by atoms with Gasteiger partial charge in [-0.2, -0.15) is 0 Å². The highest BCUT2D eigenvalue weighted by Gasteiger charge is 2.32. The molecular weight excluding hydrogens is 230 g/mol. The Balaban J connectivity index is 1.93. The number of amides is 1. The number of aryl methyl sites for hydroxylation is 1. The van der Waals surface area contributed by atoms with E-state index in [1.54, 1.807) is 13.0 Å². The smallest absolute Gasteiger partial charge is 0.227 e. The van der Waals surface area contributed by atoms with Crippen molar-refractivity contribution >= 4 is 11.7 Å². The quantitative estimate of drug-likeness (QED) is 0.861. The van der Waals surface area contributed by atoms with E-state index in [-0.39, 0.29) is 11.4 Å². The first kappa shape index (κ1) is 13.1. The lowest BCUT2D eigenvalue weighted by Gasteiger charge is -2.36. The summed E-state index contributed by atoms with van der Waals surface area (Å²) in [7, 11) is 1.94. The van der Waals surface area contributed by atoms with Gasteiger partial charge in [0.25, 0.3) is 0 Å². The number of aromatic nitrogens is 1. The van der Waals surface area contributed by atoms with Crippen molar-refractivity contribution in [1.82, 2.24) is 10.5 Å². The fraction of sp³-hybridized carbons (Fsp3) is 0.692. The molecule has 0 saturated heterocycles. The van der Waals surface area contributed by atoms with Crippen LogP contribution in [-0.2, 0) is 4.79 Å². The van der Waals surface area contributed by atoms with Gasteiger partial charge in [-0.3, -0.25) is 4.79 Å². The highest BCUT2D eigenvalue weighted by molar-refractivity contribution is 5.90. The summed E-state index contributed by atoms with van der Waals surface area (Å²) < 4.78 is 4.93. The normalized spacial score (nSPS) is 18.6. The Kier molecular flexibility index (Phi) is 4.01. The van der Waals surface area contributed by atoms with Crippen molar-refractivity contribution in [3.8, 4) is 0 Å². The lowest BCUT2D eigenvalue weighted by atomic mass is 9.79. The van der Waals surface area contributed by atoms with E-state index in [1.807, 2.05) is 7.05 Å². The summed E-state index contributed by atoms with van der Waals surface area (Å²) in [6, 6.07) is 1.73. The van der Waals surface area contributed by atoms with E-state index in [9.17, 15) is 4.79 Å². The van der Waals surface area contributed by atoms with Crippen molar-refractivity contribution in [3.63, 3.8) is 0 Å². The van der Waals surface area contributed by atoms with Crippen LogP contribution >= 0.6 is 0 Å². The Labute approximate surface area is 107 Å². The van der Waals surface area contributed by atoms with Gasteiger partial charge in [-0.05, 0) is 26.8 Å². The van der Waals surface area contributed by atoms with Crippen molar-refractivity contribution in [2.24, 2.45) is 0 Å². The number of carbonyl (C=O) groups is 1. The maximum Gasteiger partial charge on any atom is 0.227 e. The van der Waals surface area contributed by atoms with Crippen LogP contribution in [-0.4, -0.2) is 23.7 Å². The van der Waals surface area contributed by atoms with Gasteiger partial charge in [-0.1, -0.05) is 24.4 Å². The Bertz CT molecular complexity index is 408. The summed E-state index contributed by atoms with van der Waals surface area (Å²) in [5.74, 6) is 1.20. The van der Waals surface area contributed by atoms with Crippen molar-refractivity contribution < 1.29 is 9.32 Å². The average molecular weight is 251 g/mol. The fourth-order valence-electron chi connectivity index (χ4n) is 2.66. The Morgan fingerprint density at radius 1 is 1.44 bits per heavy atom. The van der Waals surface area contributed by atoms with Crippen LogP contribution in [0.4, 0.5) is 5.82 Å². The Hall–Kier alpha value is -1.36. The van der Waals surface area contributed by atoms with Crippen LogP contribution in [0.5, 0.6) is 0 Å². The first-order valence-corrected chi connectivity index (χ1v) is 6.56. The monoisotopic (exact) mass is 251 g/mol. The number of nitrogens with one attached hydrogen (secondary N) is 2.